The van der Waals surface area contributed by atoms with Crippen LogP contribution in [0.1, 0.15) is 18.4 Å². The molecule has 2 nitrogen and oxygen atoms in total. The number of carboxylic acids is 1. The largest absolute Gasteiger partial charge is 0.481 e. The van der Waals surface area contributed by atoms with Gasteiger partial charge in [-0.1, -0.05) is 48.0 Å². The lowest BCUT2D eigenvalue weighted by atomic mass is 9.94. The third-order valence-corrected chi connectivity index (χ3v) is 3.54. The van der Waals surface area contributed by atoms with Crippen molar-refractivity contribution in [1.82, 2.24) is 0 Å². The third-order valence-electron chi connectivity index (χ3n) is 3.54. The van der Waals surface area contributed by atoms with Gasteiger partial charge in [-0.15, -0.1) is 0 Å². The maximum absolute atomic E-state index is 10.6. The predicted octanol–water partition coefficient (Wildman–Crippen LogP) is 3.28. The van der Waals surface area contributed by atoms with Crippen LogP contribution < -0.4 is 0 Å². The minimum absolute atomic E-state index is 0.0741. The molecule has 2 heteroatoms. The molecule has 0 spiro atoms. The first-order valence-electron chi connectivity index (χ1n) is 6.09. The Morgan fingerprint density at radius 2 is 1.88 bits per heavy atom. The molecule has 0 heterocycles. The van der Waals surface area contributed by atoms with E-state index in [-0.39, 0.29) is 5.92 Å². The first-order valence-corrected chi connectivity index (χ1v) is 6.09. The molecule has 2 aliphatic carbocycles. The van der Waals surface area contributed by atoms with E-state index in [4.69, 9.17) is 5.11 Å². The number of hydrogen-bond acceptors (Lipinski definition) is 1. The van der Waals surface area contributed by atoms with Gasteiger partial charge in [0.25, 0.3) is 0 Å². The highest BCUT2D eigenvalue weighted by atomic mass is 16.4. The van der Waals surface area contributed by atoms with Gasteiger partial charge in [-0.25, -0.2) is 0 Å². The molecule has 0 aromatic heterocycles. The first kappa shape index (κ1) is 11.9. The van der Waals surface area contributed by atoms with Gasteiger partial charge in [-0.2, -0.15) is 0 Å². The molecule has 3 unspecified atom stereocenters. The van der Waals surface area contributed by atoms with Crippen LogP contribution in [-0.4, -0.2) is 11.1 Å². The van der Waals surface area contributed by atoms with Crippen molar-refractivity contribution < 1.29 is 9.90 Å². The van der Waals surface area contributed by atoms with Crippen LogP contribution in [0.15, 0.2) is 42.5 Å². The first-order chi connectivity index (χ1) is 8.16. The van der Waals surface area contributed by atoms with Gasteiger partial charge in [0.1, 0.15) is 0 Å². The summed E-state index contributed by atoms with van der Waals surface area (Å²) in [5.41, 5.74) is 1.32. The van der Waals surface area contributed by atoms with Gasteiger partial charge in [0.15, 0.2) is 0 Å². The minimum Gasteiger partial charge on any atom is -0.481 e. The lowest BCUT2D eigenvalue weighted by Crippen LogP contribution is -2.17. The van der Waals surface area contributed by atoms with E-state index >= 15 is 0 Å². The second-order valence-corrected chi connectivity index (χ2v) is 4.88. The number of carboxylic acid groups (broad SMARTS) is 1. The summed E-state index contributed by atoms with van der Waals surface area (Å²) in [5.74, 6) is 0.237. The van der Waals surface area contributed by atoms with Crippen molar-refractivity contribution in [2.45, 2.75) is 19.8 Å². The van der Waals surface area contributed by atoms with Gasteiger partial charge in [0.2, 0.25) is 0 Å². The zero-order valence-corrected chi connectivity index (χ0v) is 10.0. The molecule has 1 saturated carbocycles. The van der Waals surface area contributed by atoms with E-state index in [0.717, 1.165) is 12.8 Å². The monoisotopic (exact) mass is 230 g/mol. The molecule has 0 aliphatic heterocycles. The minimum atomic E-state index is -0.614. The van der Waals surface area contributed by atoms with E-state index in [9.17, 15) is 4.79 Å². The van der Waals surface area contributed by atoms with E-state index in [1.165, 1.54) is 5.56 Å². The van der Waals surface area contributed by atoms with Crippen LogP contribution in [0.25, 0.3) is 0 Å². The lowest BCUT2D eigenvalue weighted by Gasteiger charge is -2.11. The van der Waals surface area contributed by atoms with Gasteiger partial charge in [0, 0.05) is 0 Å². The van der Waals surface area contributed by atoms with Gasteiger partial charge in [0.05, 0.1) is 5.92 Å². The molecule has 0 amide bonds. The summed E-state index contributed by atoms with van der Waals surface area (Å²) in [6.07, 6.45) is 6.17. The molecular weight excluding hydrogens is 212 g/mol. The molecule has 3 atom stereocenters. The Kier molecular flexibility index (Phi) is 3.62. The van der Waals surface area contributed by atoms with Gasteiger partial charge in [-0.05, 0) is 31.6 Å². The SMILES string of the molecule is Cc1ccccc1.O=C(O)C1CC2C=CC1C2. The molecule has 2 bridgehead atoms. The van der Waals surface area contributed by atoms with Gasteiger partial charge in [-0.3, -0.25) is 4.79 Å². The van der Waals surface area contributed by atoms with E-state index in [0.29, 0.717) is 11.8 Å². The highest BCUT2D eigenvalue weighted by Gasteiger charge is 2.39. The molecule has 3 rings (SSSR count). The van der Waals surface area contributed by atoms with Crippen molar-refractivity contribution in [3.63, 3.8) is 0 Å². The summed E-state index contributed by atoms with van der Waals surface area (Å²) in [5, 5.41) is 8.70. The Labute approximate surface area is 102 Å². The van der Waals surface area contributed by atoms with E-state index in [2.05, 4.69) is 31.2 Å². The fourth-order valence-corrected chi connectivity index (χ4v) is 2.60. The molecule has 1 N–H and O–H groups in total. The van der Waals surface area contributed by atoms with E-state index in [1.807, 2.05) is 18.2 Å². The zero-order valence-electron chi connectivity index (χ0n) is 10.0. The fraction of sp³-hybridized carbons (Fsp3) is 0.400. The highest BCUT2D eigenvalue weighted by Crippen LogP contribution is 2.43. The second kappa shape index (κ2) is 5.17. The van der Waals surface area contributed by atoms with E-state index in [1.54, 1.807) is 0 Å². The van der Waals surface area contributed by atoms with Crippen LogP contribution in [0.5, 0.6) is 0 Å². The Hall–Kier alpha value is -1.57. The van der Waals surface area contributed by atoms with Crippen molar-refractivity contribution in [3.05, 3.63) is 48.0 Å². The number of benzene rings is 1. The Bertz CT molecular complexity index is 408. The normalized spacial score (nSPS) is 28.6. The number of rotatable bonds is 1. The van der Waals surface area contributed by atoms with Gasteiger partial charge < -0.3 is 5.11 Å². The van der Waals surface area contributed by atoms with Crippen molar-refractivity contribution >= 4 is 5.97 Å². The number of fused-ring (bicyclic) bond motifs is 2. The van der Waals surface area contributed by atoms with Crippen LogP contribution in [0, 0.1) is 24.7 Å². The van der Waals surface area contributed by atoms with Gasteiger partial charge >= 0.3 is 5.97 Å². The molecular formula is C15H18O2. The maximum Gasteiger partial charge on any atom is 0.307 e. The summed E-state index contributed by atoms with van der Waals surface area (Å²) in [6, 6.07) is 10.3. The second-order valence-electron chi connectivity index (χ2n) is 4.88. The molecule has 90 valence electrons. The van der Waals surface area contributed by atoms with Crippen molar-refractivity contribution in [1.29, 1.82) is 0 Å². The molecule has 1 aromatic rings. The summed E-state index contributed by atoms with van der Waals surface area (Å²) < 4.78 is 0. The number of aryl methyl sites for hydroxylation is 1. The van der Waals surface area contributed by atoms with Crippen molar-refractivity contribution in [2.75, 3.05) is 0 Å². The van der Waals surface area contributed by atoms with Crippen LogP contribution in [0.3, 0.4) is 0 Å². The molecule has 1 aromatic carbocycles. The van der Waals surface area contributed by atoms with Crippen molar-refractivity contribution in [3.8, 4) is 0 Å². The smallest absolute Gasteiger partial charge is 0.307 e. The average Bonchev–Trinajstić information content (AvgIpc) is 2.92. The molecule has 2 aliphatic rings. The Balaban J connectivity index is 0.000000136. The summed E-state index contributed by atoms with van der Waals surface area (Å²) in [7, 11) is 0. The number of hydrogen-bond donors (Lipinski definition) is 1. The summed E-state index contributed by atoms with van der Waals surface area (Å²) >= 11 is 0. The standard InChI is InChI=1S/C8H10O2.C7H8/c9-8(10)7-4-5-1-2-6(7)3-5;1-7-5-3-2-4-6-7/h1-2,5-7H,3-4H2,(H,9,10);2-6H,1H3. The van der Waals surface area contributed by atoms with E-state index < -0.39 is 5.97 Å². The maximum atomic E-state index is 10.6. The summed E-state index contributed by atoms with van der Waals surface area (Å²) in [4.78, 5) is 10.6. The molecule has 17 heavy (non-hydrogen) atoms. The fourth-order valence-electron chi connectivity index (χ4n) is 2.60. The topological polar surface area (TPSA) is 37.3 Å². The van der Waals surface area contributed by atoms with Crippen LogP contribution in [0.2, 0.25) is 0 Å². The zero-order chi connectivity index (χ0) is 12.3. The quantitative estimate of drug-likeness (QED) is 0.752. The lowest BCUT2D eigenvalue weighted by molar-refractivity contribution is -0.142. The number of carbonyl (C=O) groups is 1. The van der Waals surface area contributed by atoms with Crippen LogP contribution >= 0.6 is 0 Å². The predicted molar refractivity (Wildman–Crippen MR) is 67.7 cm³/mol. The molecule has 1 fully saturated rings. The van der Waals surface area contributed by atoms with Crippen molar-refractivity contribution in [2.24, 2.45) is 17.8 Å². The molecule has 0 radical (unpaired) electrons. The molecule has 0 saturated heterocycles. The van der Waals surface area contributed by atoms with Crippen LogP contribution in [0.4, 0.5) is 0 Å². The average molecular weight is 230 g/mol. The number of allylic oxidation sites excluding steroid dienone is 2. The Morgan fingerprint density at radius 1 is 1.18 bits per heavy atom. The summed E-state index contributed by atoms with van der Waals surface area (Å²) in [6.45, 7) is 2.08. The third kappa shape index (κ3) is 2.96. The Morgan fingerprint density at radius 3 is 2.18 bits per heavy atom. The highest BCUT2D eigenvalue weighted by molar-refractivity contribution is 5.71. The number of aliphatic carboxylic acids is 1. The van der Waals surface area contributed by atoms with Crippen LogP contribution in [-0.2, 0) is 4.79 Å².